The van der Waals surface area contributed by atoms with Gasteiger partial charge in [-0.15, -0.1) is 0 Å². The summed E-state index contributed by atoms with van der Waals surface area (Å²) in [5.41, 5.74) is 1.39. The highest BCUT2D eigenvalue weighted by Crippen LogP contribution is 2.16. The Bertz CT molecular complexity index is 578. The van der Waals surface area contributed by atoms with Gasteiger partial charge in [0.15, 0.2) is 0 Å². The minimum atomic E-state index is -0.593. The van der Waals surface area contributed by atoms with Gasteiger partial charge >= 0.3 is 0 Å². The predicted molar refractivity (Wildman–Crippen MR) is 83.5 cm³/mol. The first-order chi connectivity index (χ1) is 10.4. The van der Waals surface area contributed by atoms with Gasteiger partial charge in [0.05, 0.1) is 0 Å². The van der Waals surface area contributed by atoms with E-state index in [9.17, 15) is 14.4 Å². The molecule has 0 aromatic heterocycles. The summed E-state index contributed by atoms with van der Waals surface area (Å²) in [4.78, 5) is 38.3. The predicted octanol–water partition coefficient (Wildman–Crippen LogP) is 1.55. The molecular weight excluding hydrogens is 280 g/mol. The van der Waals surface area contributed by atoms with E-state index >= 15 is 0 Å². The second kappa shape index (κ2) is 6.73. The third-order valence-corrected chi connectivity index (χ3v) is 3.79. The maximum absolute atomic E-state index is 12.5. The van der Waals surface area contributed by atoms with Crippen LogP contribution in [0.5, 0.6) is 0 Å². The van der Waals surface area contributed by atoms with E-state index in [0.29, 0.717) is 25.1 Å². The summed E-state index contributed by atoms with van der Waals surface area (Å²) in [5.74, 6) is -1.06. The highest BCUT2D eigenvalue weighted by molar-refractivity contribution is 6.43. The number of ketones is 1. The van der Waals surface area contributed by atoms with Crippen LogP contribution in [0.25, 0.3) is 0 Å². The van der Waals surface area contributed by atoms with E-state index in [-0.39, 0.29) is 11.8 Å². The Morgan fingerprint density at radius 1 is 1.27 bits per heavy atom. The topological polar surface area (TPSA) is 66.5 Å². The molecule has 118 valence electrons. The number of hydrogen-bond acceptors (Lipinski definition) is 3. The third kappa shape index (κ3) is 3.53. The molecule has 0 radical (unpaired) electrons. The molecule has 22 heavy (non-hydrogen) atoms. The van der Waals surface area contributed by atoms with Gasteiger partial charge in [-0.3, -0.25) is 14.4 Å². The van der Waals surface area contributed by atoms with Crippen LogP contribution in [-0.4, -0.2) is 41.6 Å². The van der Waals surface area contributed by atoms with Crippen molar-refractivity contribution >= 4 is 17.6 Å². The SMILES string of the molecule is Cc1ccc(C(=O)C(=O)N2CCNC(=O)[C@H]2CC(C)C)cc1. The van der Waals surface area contributed by atoms with Gasteiger partial charge in [-0.2, -0.15) is 0 Å². The van der Waals surface area contributed by atoms with Crippen molar-refractivity contribution in [3.63, 3.8) is 0 Å². The lowest BCUT2D eigenvalue weighted by molar-refractivity contribution is -0.140. The molecule has 0 bridgehead atoms. The van der Waals surface area contributed by atoms with E-state index in [4.69, 9.17) is 0 Å². The number of nitrogens with zero attached hydrogens (tertiary/aromatic N) is 1. The van der Waals surface area contributed by atoms with Crippen molar-refractivity contribution < 1.29 is 14.4 Å². The summed E-state index contributed by atoms with van der Waals surface area (Å²) in [7, 11) is 0. The van der Waals surface area contributed by atoms with Crippen LogP contribution in [0.4, 0.5) is 0 Å². The standard InChI is InChI=1S/C17H22N2O3/c1-11(2)10-14-16(21)18-8-9-19(14)17(22)15(20)13-6-4-12(3)5-7-13/h4-7,11,14H,8-10H2,1-3H3,(H,18,21)/t14-/m1/s1. The molecule has 1 atom stereocenters. The maximum atomic E-state index is 12.5. The van der Waals surface area contributed by atoms with Crippen LogP contribution in [0, 0.1) is 12.8 Å². The summed E-state index contributed by atoms with van der Waals surface area (Å²) in [5, 5.41) is 2.76. The highest BCUT2D eigenvalue weighted by Gasteiger charge is 2.36. The first kappa shape index (κ1) is 16.2. The van der Waals surface area contributed by atoms with Gasteiger partial charge in [0.25, 0.3) is 5.91 Å². The molecule has 1 N–H and O–H groups in total. The number of carbonyl (C=O) groups excluding carboxylic acids is 3. The Kier molecular flexibility index (Phi) is 4.96. The van der Waals surface area contributed by atoms with Crippen molar-refractivity contribution in [3.05, 3.63) is 35.4 Å². The van der Waals surface area contributed by atoms with Crippen LogP contribution in [0.3, 0.4) is 0 Å². The molecule has 0 aliphatic carbocycles. The van der Waals surface area contributed by atoms with Gasteiger partial charge in [-0.05, 0) is 19.3 Å². The Balaban J connectivity index is 2.19. The smallest absolute Gasteiger partial charge is 0.295 e. The summed E-state index contributed by atoms with van der Waals surface area (Å²) in [6.07, 6.45) is 0.554. The van der Waals surface area contributed by atoms with Crippen LogP contribution >= 0.6 is 0 Å². The minimum Gasteiger partial charge on any atom is -0.353 e. The summed E-state index contributed by atoms with van der Waals surface area (Å²) in [6, 6.07) is 6.34. The second-order valence-corrected chi connectivity index (χ2v) is 6.13. The fourth-order valence-corrected chi connectivity index (χ4v) is 2.60. The van der Waals surface area contributed by atoms with Crippen LogP contribution in [0.2, 0.25) is 0 Å². The van der Waals surface area contributed by atoms with E-state index in [1.165, 1.54) is 4.90 Å². The quantitative estimate of drug-likeness (QED) is 0.678. The van der Waals surface area contributed by atoms with Crippen LogP contribution < -0.4 is 5.32 Å². The van der Waals surface area contributed by atoms with Gasteiger partial charge in [0.2, 0.25) is 11.7 Å². The average molecular weight is 302 g/mol. The van der Waals surface area contributed by atoms with E-state index < -0.39 is 17.7 Å². The number of rotatable bonds is 4. The largest absolute Gasteiger partial charge is 0.353 e. The number of Topliss-reactive ketones (excluding diaryl/α,β-unsaturated/α-hetero) is 1. The Morgan fingerprint density at radius 2 is 1.91 bits per heavy atom. The zero-order valence-electron chi connectivity index (χ0n) is 13.3. The van der Waals surface area contributed by atoms with Crippen molar-refractivity contribution in [3.8, 4) is 0 Å². The van der Waals surface area contributed by atoms with E-state index in [0.717, 1.165) is 5.56 Å². The maximum Gasteiger partial charge on any atom is 0.295 e. The zero-order valence-corrected chi connectivity index (χ0v) is 13.3. The molecule has 1 aliphatic heterocycles. The first-order valence-corrected chi connectivity index (χ1v) is 7.60. The van der Waals surface area contributed by atoms with Gasteiger partial charge in [-0.25, -0.2) is 0 Å². The first-order valence-electron chi connectivity index (χ1n) is 7.60. The van der Waals surface area contributed by atoms with Crippen molar-refractivity contribution in [1.29, 1.82) is 0 Å². The summed E-state index contributed by atoms with van der Waals surface area (Å²) in [6.45, 7) is 6.67. The molecule has 0 saturated carbocycles. The molecule has 5 heteroatoms. The fraction of sp³-hybridized carbons (Fsp3) is 0.471. The summed E-state index contributed by atoms with van der Waals surface area (Å²) >= 11 is 0. The zero-order chi connectivity index (χ0) is 16.3. The molecule has 5 nitrogen and oxygen atoms in total. The van der Waals surface area contributed by atoms with Crippen molar-refractivity contribution in [2.24, 2.45) is 5.92 Å². The molecule has 2 rings (SSSR count). The molecule has 2 amide bonds. The number of amides is 2. The molecule has 0 spiro atoms. The number of benzene rings is 1. The third-order valence-electron chi connectivity index (χ3n) is 3.79. The highest BCUT2D eigenvalue weighted by atomic mass is 16.2. The number of piperazine rings is 1. The molecule has 1 aromatic rings. The molecule has 1 heterocycles. The summed E-state index contributed by atoms with van der Waals surface area (Å²) < 4.78 is 0. The lowest BCUT2D eigenvalue weighted by atomic mass is 9.98. The van der Waals surface area contributed by atoms with Crippen LogP contribution in [-0.2, 0) is 9.59 Å². The lowest BCUT2D eigenvalue weighted by Gasteiger charge is -2.35. The van der Waals surface area contributed by atoms with Gasteiger partial charge in [0, 0.05) is 18.7 Å². The molecule has 1 aliphatic rings. The van der Waals surface area contributed by atoms with Gasteiger partial charge < -0.3 is 10.2 Å². The van der Waals surface area contributed by atoms with Gasteiger partial charge in [-0.1, -0.05) is 43.7 Å². The molecule has 0 unspecified atom stereocenters. The molecule has 1 saturated heterocycles. The fourth-order valence-electron chi connectivity index (χ4n) is 2.60. The second-order valence-electron chi connectivity index (χ2n) is 6.13. The Hall–Kier alpha value is -2.17. The van der Waals surface area contributed by atoms with E-state index in [2.05, 4.69) is 5.32 Å². The van der Waals surface area contributed by atoms with Crippen molar-refractivity contribution in [2.45, 2.75) is 33.2 Å². The normalized spacial score (nSPS) is 18.3. The van der Waals surface area contributed by atoms with Gasteiger partial charge in [0.1, 0.15) is 6.04 Å². The van der Waals surface area contributed by atoms with Crippen molar-refractivity contribution in [1.82, 2.24) is 10.2 Å². The lowest BCUT2D eigenvalue weighted by Crippen LogP contribution is -2.58. The van der Waals surface area contributed by atoms with E-state index in [1.807, 2.05) is 20.8 Å². The molecule has 1 aromatic carbocycles. The Morgan fingerprint density at radius 3 is 2.50 bits per heavy atom. The molecular formula is C17H22N2O3. The number of carbonyl (C=O) groups is 3. The average Bonchev–Trinajstić information content (AvgIpc) is 2.48. The van der Waals surface area contributed by atoms with Crippen LogP contribution in [0.15, 0.2) is 24.3 Å². The van der Waals surface area contributed by atoms with Crippen molar-refractivity contribution in [2.75, 3.05) is 13.1 Å². The molecule has 1 fully saturated rings. The van der Waals surface area contributed by atoms with E-state index in [1.54, 1.807) is 24.3 Å². The number of hydrogen-bond donors (Lipinski definition) is 1. The minimum absolute atomic E-state index is 0.176. The number of aryl methyl sites for hydroxylation is 1. The number of nitrogens with one attached hydrogen (secondary N) is 1. The van der Waals surface area contributed by atoms with Crippen LogP contribution in [0.1, 0.15) is 36.2 Å². The Labute approximate surface area is 130 Å². The monoisotopic (exact) mass is 302 g/mol.